The predicted octanol–water partition coefficient (Wildman–Crippen LogP) is 3.62. The number of hydrogen-bond donors (Lipinski definition) is 1. The van der Waals surface area contributed by atoms with Gasteiger partial charge in [-0.3, -0.25) is 4.79 Å². The van der Waals surface area contributed by atoms with Gasteiger partial charge in [-0.25, -0.2) is 0 Å². The van der Waals surface area contributed by atoms with Crippen LogP contribution in [0.15, 0.2) is 24.3 Å². The van der Waals surface area contributed by atoms with Crippen LogP contribution in [0.1, 0.15) is 39.0 Å². The molecule has 2 saturated carbocycles. The SMILES string of the molecule is COc1ccc(N(C(=O)[C@@H]2CCC[C@@H]2CN)C(C)C2CC2)cc1.Cl. The van der Waals surface area contributed by atoms with Crippen LogP contribution in [-0.2, 0) is 4.79 Å². The zero-order valence-electron chi connectivity index (χ0n) is 14.6. The van der Waals surface area contributed by atoms with Crippen molar-refractivity contribution in [2.45, 2.75) is 45.1 Å². The van der Waals surface area contributed by atoms with Crippen molar-refractivity contribution < 1.29 is 9.53 Å². The van der Waals surface area contributed by atoms with Crippen LogP contribution in [0.3, 0.4) is 0 Å². The Morgan fingerprint density at radius 2 is 1.92 bits per heavy atom. The molecule has 0 bridgehead atoms. The zero-order chi connectivity index (χ0) is 16.4. The van der Waals surface area contributed by atoms with Crippen LogP contribution in [0.5, 0.6) is 5.75 Å². The van der Waals surface area contributed by atoms with Crippen LogP contribution >= 0.6 is 12.4 Å². The smallest absolute Gasteiger partial charge is 0.230 e. The van der Waals surface area contributed by atoms with Crippen molar-refractivity contribution >= 4 is 24.0 Å². The van der Waals surface area contributed by atoms with Gasteiger partial charge in [-0.05, 0) is 75.3 Å². The van der Waals surface area contributed by atoms with Crippen molar-refractivity contribution in [3.8, 4) is 5.75 Å². The molecule has 4 nitrogen and oxygen atoms in total. The van der Waals surface area contributed by atoms with Gasteiger partial charge in [-0.2, -0.15) is 0 Å². The summed E-state index contributed by atoms with van der Waals surface area (Å²) in [4.78, 5) is 15.3. The van der Waals surface area contributed by atoms with E-state index >= 15 is 0 Å². The fourth-order valence-corrected chi connectivity index (χ4v) is 3.92. The third-order valence-corrected chi connectivity index (χ3v) is 5.58. The normalized spacial score (nSPS) is 24.1. The summed E-state index contributed by atoms with van der Waals surface area (Å²) >= 11 is 0. The van der Waals surface area contributed by atoms with Crippen LogP contribution in [0.4, 0.5) is 5.69 Å². The third-order valence-electron chi connectivity index (χ3n) is 5.58. The van der Waals surface area contributed by atoms with Gasteiger partial charge in [0.15, 0.2) is 0 Å². The topological polar surface area (TPSA) is 55.6 Å². The quantitative estimate of drug-likeness (QED) is 0.850. The fourth-order valence-electron chi connectivity index (χ4n) is 3.92. The lowest BCUT2D eigenvalue weighted by Crippen LogP contribution is -2.45. The highest BCUT2D eigenvalue weighted by Crippen LogP contribution is 2.40. The predicted molar refractivity (Wildman–Crippen MR) is 99.8 cm³/mol. The molecule has 3 rings (SSSR count). The van der Waals surface area contributed by atoms with E-state index in [1.165, 1.54) is 12.8 Å². The monoisotopic (exact) mass is 352 g/mol. The van der Waals surface area contributed by atoms with Crippen molar-refractivity contribution in [2.75, 3.05) is 18.6 Å². The molecule has 1 aromatic rings. The maximum atomic E-state index is 13.3. The first kappa shape index (κ1) is 19.1. The molecule has 0 radical (unpaired) electrons. The van der Waals surface area contributed by atoms with Gasteiger partial charge in [0.1, 0.15) is 5.75 Å². The van der Waals surface area contributed by atoms with Crippen molar-refractivity contribution in [2.24, 2.45) is 23.5 Å². The number of ether oxygens (including phenoxy) is 1. The molecule has 1 aromatic carbocycles. The van der Waals surface area contributed by atoms with Gasteiger partial charge in [-0.15, -0.1) is 12.4 Å². The molecule has 134 valence electrons. The fraction of sp³-hybridized carbons (Fsp3) is 0.632. The number of nitrogens with two attached hydrogens (primary N) is 1. The summed E-state index contributed by atoms with van der Waals surface area (Å²) in [6.07, 6.45) is 5.64. The van der Waals surface area contributed by atoms with Crippen LogP contribution in [0.25, 0.3) is 0 Å². The maximum absolute atomic E-state index is 13.3. The minimum absolute atomic E-state index is 0. The molecule has 3 atom stereocenters. The van der Waals surface area contributed by atoms with Gasteiger partial charge < -0.3 is 15.4 Å². The number of hydrogen-bond acceptors (Lipinski definition) is 3. The molecule has 0 heterocycles. The number of amides is 1. The van der Waals surface area contributed by atoms with E-state index in [1.54, 1.807) is 7.11 Å². The number of rotatable bonds is 6. The second kappa shape index (κ2) is 8.21. The summed E-state index contributed by atoms with van der Waals surface area (Å²) in [7, 11) is 1.66. The summed E-state index contributed by atoms with van der Waals surface area (Å²) in [6, 6.07) is 8.13. The highest BCUT2D eigenvalue weighted by molar-refractivity contribution is 5.96. The molecule has 2 fully saturated rings. The summed E-state index contributed by atoms with van der Waals surface area (Å²) in [6.45, 7) is 2.80. The lowest BCUT2D eigenvalue weighted by atomic mass is 9.93. The van der Waals surface area contributed by atoms with Crippen LogP contribution in [-0.4, -0.2) is 25.6 Å². The Labute approximate surface area is 151 Å². The van der Waals surface area contributed by atoms with E-state index in [9.17, 15) is 4.79 Å². The Kier molecular flexibility index (Phi) is 6.53. The number of benzene rings is 1. The summed E-state index contributed by atoms with van der Waals surface area (Å²) < 4.78 is 5.24. The minimum atomic E-state index is 0. The van der Waals surface area contributed by atoms with E-state index in [0.717, 1.165) is 30.7 Å². The van der Waals surface area contributed by atoms with Gasteiger partial charge in [0.25, 0.3) is 0 Å². The molecule has 2 aliphatic carbocycles. The number of anilines is 1. The molecule has 0 spiro atoms. The van der Waals surface area contributed by atoms with Crippen molar-refractivity contribution in [1.29, 1.82) is 0 Å². The second-order valence-corrected chi connectivity index (χ2v) is 7.02. The highest BCUT2D eigenvalue weighted by Gasteiger charge is 2.40. The summed E-state index contributed by atoms with van der Waals surface area (Å²) in [5.74, 6) is 2.15. The lowest BCUT2D eigenvalue weighted by molar-refractivity contribution is -0.123. The Morgan fingerprint density at radius 1 is 1.25 bits per heavy atom. The van der Waals surface area contributed by atoms with Gasteiger partial charge in [0.05, 0.1) is 7.11 Å². The first-order valence-electron chi connectivity index (χ1n) is 8.83. The third kappa shape index (κ3) is 3.86. The first-order valence-corrected chi connectivity index (χ1v) is 8.83. The van der Waals surface area contributed by atoms with Gasteiger partial charge in [-0.1, -0.05) is 6.42 Å². The summed E-state index contributed by atoms with van der Waals surface area (Å²) in [5, 5.41) is 0. The van der Waals surface area contributed by atoms with E-state index in [4.69, 9.17) is 10.5 Å². The van der Waals surface area contributed by atoms with Crippen LogP contribution in [0, 0.1) is 17.8 Å². The maximum Gasteiger partial charge on any atom is 0.230 e. The van der Waals surface area contributed by atoms with Crippen molar-refractivity contribution in [3.05, 3.63) is 24.3 Å². The van der Waals surface area contributed by atoms with Gasteiger partial charge in [0, 0.05) is 17.6 Å². The second-order valence-electron chi connectivity index (χ2n) is 7.02. The number of carbonyl (C=O) groups is 1. The van der Waals surface area contributed by atoms with E-state index in [2.05, 4.69) is 6.92 Å². The average molecular weight is 353 g/mol. The molecule has 5 heteroatoms. The van der Waals surface area contributed by atoms with E-state index < -0.39 is 0 Å². The molecular formula is C19H29ClN2O2. The number of nitrogens with zero attached hydrogens (tertiary/aromatic N) is 1. The molecule has 1 amide bonds. The van der Waals surface area contributed by atoms with Crippen LogP contribution in [0.2, 0.25) is 0 Å². The van der Waals surface area contributed by atoms with E-state index in [1.807, 2.05) is 29.2 Å². The molecular weight excluding hydrogens is 324 g/mol. The zero-order valence-corrected chi connectivity index (χ0v) is 15.4. The minimum Gasteiger partial charge on any atom is -0.497 e. The Balaban J connectivity index is 0.00000208. The number of methoxy groups -OCH3 is 1. The summed E-state index contributed by atoms with van der Waals surface area (Å²) in [5.41, 5.74) is 6.88. The number of carbonyl (C=O) groups excluding carboxylic acids is 1. The molecule has 2 N–H and O–H groups in total. The van der Waals surface area contributed by atoms with Gasteiger partial charge >= 0.3 is 0 Å². The molecule has 0 saturated heterocycles. The molecule has 24 heavy (non-hydrogen) atoms. The van der Waals surface area contributed by atoms with Gasteiger partial charge in [0.2, 0.25) is 5.91 Å². The average Bonchev–Trinajstić information content (AvgIpc) is 3.32. The lowest BCUT2D eigenvalue weighted by Gasteiger charge is -2.33. The Bertz CT molecular complexity index is 545. The Hall–Kier alpha value is -1.26. The highest BCUT2D eigenvalue weighted by atomic mass is 35.5. The standard InChI is InChI=1S/C19H28N2O2.ClH/c1-13(14-6-7-14)21(16-8-10-17(23-2)11-9-16)19(22)18-5-3-4-15(18)12-20;/h8-11,13-15,18H,3-7,12,20H2,1-2H3;1H/t13?,15-,18-;/m1./s1. The largest absolute Gasteiger partial charge is 0.497 e. The number of halogens is 1. The molecule has 0 aliphatic heterocycles. The first-order chi connectivity index (χ1) is 11.2. The van der Waals surface area contributed by atoms with Crippen molar-refractivity contribution in [1.82, 2.24) is 0 Å². The van der Waals surface area contributed by atoms with E-state index in [-0.39, 0.29) is 30.3 Å². The van der Waals surface area contributed by atoms with Crippen molar-refractivity contribution in [3.63, 3.8) is 0 Å². The Morgan fingerprint density at radius 3 is 2.46 bits per heavy atom. The molecule has 0 aromatic heterocycles. The molecule has 2 aliphatic rings. The van der Waals surface area contributed by atoms with Crippen LogP contribution < -0.4 is 15.4 Å². The van der Waals surface area contributed by atoms with E-state index in [0.29, 0.717) is 18.4 Å². The molecule has 1 unspecified atom stereocenters.